The van der Waals surface area contributed by atoms with Crippen LogP contribution in [0.25, 0.3) is 16.6 Å². The van der Waals surface area contributed by atoms with E-state index in [-0.39, 0.29) is 11.7 Å². The number of hydrogen-bond donors (Lipinski definition) is 1. The molecule has 0 fully saturated rings. The number of aromatic nitrogens is 3. The number of hydrogen-bond acceptors (Lipinski definition) is 2. The van der Waals surface area contributed by atoms with E-state index in [0.29, 0.717) is 11.4 Å². The van der Waals surface area contributed by atoms with Crippen molar-refractivity contribution in [3.8, 4) is 5.69 Å². The molecule has 5 nitrogen and oxygen atoms in total. The number of carbonyl (C=O) groups excluding carboxylic acids is 1. The third-order valence-electron chi connectivity index (χ3n) is 5.60. The molecule has 6 heteroatoms. The minimum Gasteiger partial charge on any atom is -0.348 e. The molecular formula is C23H21FN4O. The van der Waals surface area contributed by atoms with E-state index < -0.39 is 0 Å². The van der Waals surface area contributed by atoms with Crippen LogP contribution in [0.5, 0.6) is 0 Å². The van der Waals surface area contributed by atoms with Crippen LogP contribution in [0.1, 0.15) is 35.1 Å². The van der Waals surface area contributed by atoms with Crippen LogP contribution < -0.4 is 5.32 Å². The second kappa shape index (κ2) is 6.88. The quantitative estimate of drug-likeness (QED) is 0.550. The average Bonchev–Trinajstić information content (AvgIpc) is 3.43. The van der Waals surface area contributed by atoms with Crippen molar-refractivity contribution in [3.05, 3.63) is 77.5 Å². The molecule has 0 atom stereocenters. The highest BCUT2D eigenvalue weighted by Gasteiger charge is 2.27. The SMILES string of the molecule is CCn1ccc2cc(NC(=O)c3nn(-c4ccccc4F)c4c3CCC4)ccc21. The molecule has 2 aromatic heterocycles. The molecule has 1 aliphatic rings. The first-order valence-corrected chi connectivity index (χ1v) is 9.91. The van der Waals surface area contributed by atoms with Gasteiger partial charge in [0.25, 0.3) is 5.91 Å². The molecule has 1 aliphatic carbocycles. The van der Waals surface area contributed by atoms with Gasteiger partial charge in [-0.3, -0.25) is 4.79 Å². The van der Waals surface area contributed by atoms with Crippen LogP contribution in [0, 0.1) is 5.82 Å². The Bertz CT molecular complexity index is 1240. The number of benzene rings is 2. The van der Waals surface area contributed by atoms with Crippen molar-refractivity contribution in [1.29, 1.82) is 0 Å². The number of rotatable bonds is 4. The number of nitrogens with one attached hydrogen (secondary N) is 1. The summed E-state index contributed by atoms with van der Waals surface area (Å²) in [6.07, 6.45) is 4.56. The second-order valence-corrected chi connectivity index (χ2v) is 7.32. The molecule has 0 bridgehead atoms. The van der Waals surface area contributed by atoms with E-state index in [1.165, 1.54) is 6.07 Å². The van der Waals surface area contributed by atoms with Crippen LogP contribution in [0.2, 0.25) is 0 Å². The Morgan fingerprint density at radius 1 is 1.17 bits per heavy atom. The zero-order valence-corrected chi connectivity index (χ0v) is 16.2. The summed E-state index contributed by atoms with van der Waals surface area (Å²) in [5, 5.41) is 8.54. The molecule has 1 amide bonds. The lowest BCUT2D eigenvalue weighted by atomic mass is 10.2. The number of fused-ring (bicyclic) bond motifs is 2. The van der Waals surface area contributed by atoms with Gasteiger partial charge >= 0.3 is 0 Å². The van der Waals surface area contributed by atoms with Crippen molar-refractivity contribution in [2.45, 2.75) is 32.7 Å². The third kappa shape index (κ3) is 2.92. The highest BCUT2D eigenvalue weighted by Crippen LogP contribution is 2.29. The number of anilines is 1. The zero-order valence-electron chi connectivity index (χ0n) is 16.2. The Morgan fingerprint density at radius 2 is 2.03 bits per heavy atom. The van der Waals surface area contributed by atoms with Gasteiger partial charge in [0.1, 0.15) is 11.5 Å². The predicted octanol–water partition coefficient (Wildman–Crippen LogP) is 4.73. The van der Waals surface area contributed by atoms with Gasteiger partial charge in [0.2, 0.25) is 0 Å². The Balaban J connectivity index is 1.49. The number of amides is 1. The van der Waals surface area contributed by atoms with E-state index in [1.807, 2.05) is 30.5 Å². The minimum absolute atomic E-state index is 0.257. The van der Waals surface area contributed by atoms with Gasteiger partial charge in [-0.25, -0.2) is 9.07 Å². The first-order valence-electron chi connectivity index (χ1n) is 9.91. The minimum atomic E-state index is -0.345. The largest absolute Gasteiger partial charge is 0.348 e. The van der Waals surface area contributed by atoms with Crippen LogP contribution in [-0.2, 0) is 19.4 Å². The summed E-state index contributed by atoms with van der Waals surface area (Å²) in [5.41, 5.74) is 4.47. The summed E-state index contributed by atoms with van der Waals surface area (Å²) in [7, 11) is 0. The Kier molecular flexibility index (Phi) is 4.19. The third-order valence-corrected chi connectivity index (χ3v) is 5.60. The van der Waals surface area contributed by atoms with E-state index >= 15 is 0 Å². The van der Waals surface area contributed by atoms with Gasteiger partial charge in [-0.2, -0.15) is 5.10 Å². The van der Waals surface area contributed by atoms with Crippen molar-refractivity contribution in [3.63, 3.8) is 0 Å². The molecule has 2 aromatic carbocycles. The normalized spacial score (nSPS) is 13.0. The number of carbonyl (C=O) groups is 1. The maximum absolute atomic E-state index is 14.3. The van der Waals surface area contributed by atoms with Gasteiger partial charge in [0.15, 0.2) is 5.69 Å². The Morgan fingerprint density at radius 3 is 2.86 bits per heavy atom. The summed E-state index contributed by atoms with van der Waals surface area (Å²) in [6.45, 7) is 3.00. The molecule has 1 N–H and O–H groups in total. The predicted molar refractivity (Wildman–Crippen MR) is 111 cm³/mol. The number of halogens is 1. The van der Waals surface area contributed by atoms with Crippen molar-refractivity contribution < 1.29 is 9.18 Å². The fraction of sp³-hybridized carbons (Fsp3) is 0.217. The fourth-order valence-electron chi connectivity index (χ4n) is 4.19. The Labute approximate surface area is 167 Å². The van der Waals surface area contributed by atoms with Crippen molar-refractivity contribution in [2.75, 3.05) is 5.32 Å². The molecule has 0 radical (unpaired) electrons. The zero-order chi connectivity index (χ0) is 20.0. The average molecular weight is 388 g/mol. The highest BCUT2D eigenvalue weighted by molar-refractivity contribution is 6.05. The maximum atomic E-state index is 14.3. The molecule has 0 saturated carbocycles. The van der Waals surface area contributed by atoms with Crippen LogP contribution >= 0.6 is 0 Å². The first kappa shape index (κ1) is 17.7. The summed E-state index contributed by atoms with van der Waals surface area (Å²) in [4.78, 5) is 13.0. The lowest BCUT2D eigenvalue weighted by molar-refractivity contribution is 0.102. The van der Waals surface area contributed by atoms with Crippen molar-refractivity contribution >= 4 is 22.5 Å². The molecule has 0 spiro atoms. The Hall–Kier alpha value is -3.41. The monoisotopic (exact) mass is 388 g/mol. The number of para-hydroxylation sites is 1. The summed E-state index contributed by atoms with van der Waals surface area (Å²) >= 11 is 0. The molecule has 0 aliphatic heterocycles. The first-order chi connectivity index (χ1) is 14.2. The van der Waals surface area contributed by atoms with E-state index in [2.05, 4.69) is 21.9 Å². The fourth-order valence-corrected chi connectivity index (χ4v) is 4.19. The van der Waals surface area contributed by atoms with Crippen LogP contribution in [0.3, 0.4) is 0 Å². The van der Waals surface area contributed by atoms with Gasteiger partial charge in [-0.15, -0.1) is 0 Å². The van der Waals surface area contributed by atoms with Gasteiger partial charge in [0, 0.05) is 40.6 Å². The summed E-state index contributed by atoms with van der Waals surface area (Å²) < 4.78 is 18.1. The van der Waals surface area contributed by atoms with E-state index in [4.69, 9.17) is 0 Å². The van der Waals surface area contributed by atoms with Crippen LogP contribution in [0.4, 0.5) is 10.1 Å². The van der Waals surface area contributed by atoms with E-state index in [1.54, 1.807) is 22.9 Å². The molecule has 5 rings (SSSR count). The topological polar surface area (TPSA) is 51.9 Å². The molecule has 4 aromatic rings. The number of nitrogens with zero attached hydrogens (tertiary/aromatic N) is 3. The van der Waals surface area contributed by atoms with Crippen molar-refractivity contribution in [1.82, 2.24) is 14.3 Å². The molecule has 0 unspecified atom stereocenters. The van der Waals surface area contributed by atoms with Crippen molar-refractivity contribution in [2.24, 2.45) is 0 Å². The standard InChI is InChI=1S/C23H21FN4O/c1-2-27-13-12-15-14-16(10-11-19(15)27)25-23(29)22-17-6-5-9-20(17)28(26-22)21-8-4-3-7-18(21)24/h3-4,7-8,10-14H,2,5-6,9H2,1H3,(H,25,29). The second-order valence-electron chi connectivity index (χ2n) is 7.32. The molecule has 0 saturated heterocycles. The van der Waals surface area contributed by atoms with Crippen LogP contribution in [0.15, 0.2) is 54.7 Å². The van der Waals surface area contributed by atoms with Gasteiger partial charge in [-0.1, -0.05) is 12.1 Å². The smallest absolute Gasteiger partial charge is 0.276 e. The van der Waals surface area contributed by atoms with Crippen LogP contribution in [-0.4, -0.2) is 20.3 Å². The summed E-state index contributed by atoms with van der Waals surface area (Å²) in [5.74, 6) is -0.602. The number of aryl methyl sites for hydroxylation is 1. The lowest BCUT2D eigenvalue weighted by Crippen LogP contribution is -2.15. The summed E-state index contributed by atoms with van der Waals surface area (Å²) in [6, 6.07) is 14.4. The van der Waals surface area contributed by atoms with Gasteiger partial charge < -0.3 is 9.88 Å². The van der Waals surface area contributed by atoms with E-state index in [9.17, 15) is 9.18 Å². The molecular weight excluding hydrogens is 367 g/mol. The molecule has 2 heterocycles. The molecule has 29 heavy (non-hydrogen) atoms. The van der Waals surface area contributed by atoms with E-state index in [0.717, 1.165) is 53.7 Å². The van der Waals surface area contributed by atoms with Gasteiger partial charge in [-0.05, 0) is 62.6 Å². The molecule has 146 valence electrons. The lowest BCUT2D eigenvalue weighted by Gasteiger charge is -2.07. The highest BCUT2D eigenvalue weighted by atomic mass is 19.1. The maximum Gasteiger partial charge on any atom is 0.276 e. The van der Waals surface area contributed by atoms with Gasteiger partial charge in [0.05, 0.1) is 0 Å².